The van der Waals surface area contributed by atoms with Crippen LogP contribution < -0.4 is 5.73 Å². The number of unbranched alkanes of at least 4 members (excludes halogenated alkanes) is 3. The molecule has 0 spiro atoms. The molecular formula is C15H38NO3Ti-. The first-order valence-corrected chi connectivity index (χ1v) is 7.48. The average Bonchev–Trinajstić information content (AvgIpc) is 2.43. The molecule has 4 nitrogen and oxygen atoms in total. The Morgan fingerprint density at radius 3 is 0.950 bits per heavy atom. The van der Waals surface area contributed by atoms with E-state index in [4.69, 9.17) is 21.1 Å². The fraction of sp³-hybridized carbons (Fsp3) is 0.933. The van der Waals surface area contributed by atoms with Crippen molar-refractivity contribution in [1.82, 2.24) is 0 Å². The topological polar surface area (TPSA) is 86.7 Å². The van der Waals surface area contributed by atoms with Crippen LogP contribution in [0.15, 0.2) is 0 Å². The minimum Gasteiger partial charge on any atom is -0.396 e. The van der Waals surface area contributed by atoms with Gasteiger partial charge in [0, 0.05) is 41.5 Å². The van der Waals surface area contributed by atoms with Crippen molar-refractivity contribution in [3.05, 3.63) is 6.92 Å². The molecule has 0 aliphatic heterocycles. The summed E-state index contributed by atoms with van der Waals surface area (Å²) in [5.41, 5.74) is 4.97. The monoisotopic (exact) mass is 328 g/mol. The Balaban J connectivity index is -0.0000000494. The van der Waals surface area contributed by atoms with Crippen molar-refractivity contribution in [2.45, 2.75) is 65.7 Å². The van der Waals surface area contributed by atoms with E-state index in [2.05, 4.69) is 27.7 Å². The van der Waals surface area contributed by atoms with Gasteiger partial charge in [-0.05, 0) is 25.8 Å². The Kier molecular flexibility index (Phi) is 81.9. The van der Waals surface area contributed by atoms with Gasteiger partial charge in [-0.25, -0.2) is 0 Å². The van der Waals surface area contributed by atoms with Gasteiger partial charge in [0.2, 0.25) is 0 Å². The van der Waals surface area contributed by atoms with Gasteiger partial charge in [-0.3, -0.25) is 0 Å². The summed E-state index contributed by atoms with van der Waals surface area (Å²) in [5, 5.41) is 24.2. The molecule has 0 saturated carbocycles. The van der Waals surface area contributed by atoms with Crippen LogP contribution in [0.2, 0.25) is 0 Å². The molecule has 0 aliphatic carbocycles. The third kappa shape index (κ3) is 100. The molecular weight excluding hydrogens is 290 g/mol. The van der Waals surface area contributed by atoms with E-state index in [1.807, 2.05) is 0 Å². The van der Waals surface area contributed by atoms with Crippen LogP contribution in [0.25, 0.3) is 0 Å². The fourth-order valence-electron chi connectivity index (χ4n) is 0.474. The zero-order valence-electron chi connectivity index (χ0n) is 13.9. The Morgan fingerprint density at radius 1 is 0.750 bits per heavy atom. The van der Waals surface area contributed by atoms with Gasteiger partial charge in [-0.1, -0.05) is 40.0 Å². The van der Waals surface area contributed by atoms with Crippen LogP contribution in [-0.4, -0.2) is 41.7 Å². The van der Waals surface area contributed by atoms with E-state index in [0.29, 0.717) is 26.4 Å². The van der Waals surface area contributed by atoms with Crippen LogP contribution in [-0.2, 0) is 21.7 Å². The van der Waals surface area contributed by atoms with E-state index < -0.39 is 0 Å². The molecule has 0 rings (SSSR count). The summed E-state index contributed by atoms with van der Waals surface area (Å²) in [6, 6.07) is 0. The molecule has 0 amide bonds. The molecule has 0 bridgehead atoms. The minimum atomic E-state index is 0. The molecule has 126 valence electrons. The van der Waals surface area contributed by atoms with Crippen LogP contribution >= 0.6 is 0 Å². The zero-order chi connectivity index (χ0) is 15.8. The van der Waals surface area contributed by atoms with Crippen molar-refractivity contribution in [2.75, 3.05) is 26.4 Å². The van der Waals surface area contributed by atoms with Crippen molar-refractivity contribution >= 4 is 0 Å². The molecule has 0 radical (unpaired) electrons. The summed E-state index contributed by atoms with van der Waals surface area (Å²) in [7, 11) is 0. The van der Waals surface area contributed by atoms with Gasteiger partial charge in [0.1, 0.15) is 0 Å². The zero-order valence-corrected chi connectivity index (χ0v) is 15.5. The van der Waals surface area contributed by atoms with E-state index in [1.54, 1.807) is 0 Å². The number of hydrogen-bond acceptors (Lipinski definition) is 4. The van der Waals surface area contributed by atoms with Crippen LogP contribution in [0, 0.1) is 6.92 Å². The predicted molar refractivity (Wildman–Crippen MR) is 85.0 cm³/mol. The Bertz CT molecular complexity index is 76.9. The van der Waals surface area contributed by atoms with Crippen LogP contribution in [0.3, 0.4) is 0 Å². The summed E-state index contributed by atoms with van der Waals surface area (Å²) < 4.78 is 0. The van der Waals surface area contributed by atoms with Crippen LogP contribution in [0.4, 0.5) is 0 Å². The van der Waals surface area contributed by atoms with Gasteiger partial charge in [-0.2, -0.15) is 6.42 Å². The Hall–Kier alpha value is 0.554. The third-order valence-electron chi connectivity index (χ3n) is 1.74. The first kappa shape index (κ1) is 32.5. The summed E-state index contributed by atoms with van der Waals surface area (Å²) in [6.07, 6.45) is 6.96. The standard InChI is InChI=1S/3C4H10O.C3H8N.Ti/c3*1-2-3-4-5;1-2-3-4;/h3*5H,2-4H2,1H3;1-4H2;/q;;;-1;. The number of rotatable bonds is 7. The molecule has 0 fully saturated rings. The molecule has 0 atom stereocenters. The molecule has 0 aromatic carbocycles. The molecule has 20 heavy (non-hydrogen) atoms. The summed E-state index contributed by atoms with van der Waals surface area (Å²) in [6.45, 7) is 11.4. The molecule has 0 aromatic rings. The molecule has 0 saturated heterocycles. The second-order valence-electron chi connectivity index (χ2n) is 3.87. The van der Waals surface area contributed by atoms with Gasteiger partial charge < -0.3 is 28.0 Å². The van der Waals surface area contributed by atoms with E-state index in [0.717, 1.165) is 44.9 Å². The smallest absolute Gasteiger partial charge is 0.0430 e. The third-order valence-corrected chi connectivity index (χ3v) is 1.74. The quantitative estimate of drug-likeness (QED) is 0.427. The molecule has 0 aromatic heterocycles. The van der Waals surface area contributed by atoms with Crippen molar-refractivity contribution in [1.29, 1.82) is 0 Å². The van der Waals surface area contributed by atoms with Gasteiger partial charge in [0.25, 0.3) is 0 Å². The van der Waals surface area contributed by atoms with E-state index >= 15 is 0 Å². The molecule has 5 N–H and O–H groups in total. The Morgan fingerprint density at radius 2 is 0.950 bits per heavy atom. The maximum Gasteiger partial charge on any atom is 0.0430 e. The van der Waals surface area contributed by atoms with Crippen molar-refractivity contribution in [3.8, 4) is 0 Å². The van der Waals surface area contributed by atoms with Crippen molar-refractivity contribution in [2.24, 2.45) is 5.73 Å². The van der Waals surface area contributed by atoms with Crippen molar-refractivity contribution < 1.29 is 37.0 Å². The van der Waals surface area contributed by atoms with Crippen molar-refractivity contribution in [3.63, 3.8) is 0 Å². The van der Waals surface area contributed by atoms with Crippen LogP contribution in [0.1, 0.15) is 65.7 Å². The van der Waals surface area contributed by atoms with E-state index in [9.17, 15) is 0 Å². The average molecular weight is 328 g/mol. The largest absolute Gasteiger partial charge is 0.396 e. The van der Waals surface area contributed by atoms with Crippen LogP contribution in [0.5, 0.6) is 0 Å². The van der Waals surface area contributed by atoms with E-state index in [1.165, 1.54) is 0 Å². The van der Waals surface area contributed by atoms with Gasteiger partial charge in [-0.15, -0.1) is 0 Å². The number of aliphatic hydroxyl groups excluding tert-OH is 3. The molecule has 0 aliphatic rings. The van der Waals surface area contributed by atoms with Gasteiger partial charge in [0.05, 0.1) is 0 Å². The van der Waals surface area contributed by atoms with E-state index in [-0.39, 0.29) is 21.7 Å². The first-order chi connectivity index (χ1) is 9.16. The summed E-state index contributed by atoms with van der Waals surface area (Å²) in [4.78, 5) is 0. The predicted octanol–water partition coefficient (Wildman–Crippen LogP) is 2.50. The Labute approximate surface area is 142 Å². The minimum absolute atomic E-state index is 0. The first-order valence-electron chi connectivity index (χ1n) is 7.48. The second kappa shape index (κ2) is 50.4. The number of hydrogen-bond donors (Lipinski definition) is 4. The summed E-state index contributed by atoms with van der Waals surface area (Å²) in [5.74, 6) is 0. The molecule has 0 unspecified atom stereocenters. The normalized spacial score (nSPS) is 7.80. The SMILES string of the molecule is CCCCO.CCCCO.CCCCO.[CH2-]CCN.[Ti]. The van der Waals surface area contributed by atoms with Gasteiger partial charge in [0.15, 0.2) is 0 Å². The maximum absolute atomic E-state index is 8.07. The number of aliphatic hydroxyl groups is 3. The summed E-state index contributed by atoms with van der Waals surface area (Å²) >= 11 is 0. The molecule has 5 heteroatoms. The maximum atomic E-state index is 8.07. The van der Waals surface area contributed by atoms with Gasteiger partial charge >= 0.3 is 0 Å². The fourth-order valence-corrected chi connectivity index (χ4v) is 0.474. The molecule has 0 heterocycles. The second-order valence-corrected chi connectivity index (χ2v) is 3.87. The number of nitrogens with two attached hydrogens (primary N) is 1.